The van der Waals surface area contributed by atoms with E-state index in [1.165, 1.54) is 24.3 Å². The highest BCUT2D eigenvalue weighted by atomic mass is 19.1. The van der Waals surface area contributed by atoms with E-state index in [0.717, 1.165) is 24.3 Å². The molecule has 112 valence electrons. The Labute approximate surface area is 123 Å². The maximum atomic E-state index is 12.7. The lowest BCUT2D eigenvalue weighted by Gasteiger charge is -2.00. The molecule has 0 fully saturated rings. The summed E-state index contributed by atoms with van der Waals surface area (Å²) in [6.07, 6.45) is 0. The topological polar surface area (TPSA) is 52.4 Å². The quantitative estimate of drug-likeness (QED) is 0.618. The molecule has 0 atom stereocenters. The van der Waals surface area contributed by atoms with Crippen molar-refractivity contribution < 1.29 is 14.1 Å². The van der Waals surface area contributed by atoms with Crippen molar-refractivity contribution in [3.63, 3.8) is 0 Å². The molecule has 0 heterocycles. The van der Waals surface area contributed by atoms with E-state index in [0.29, 0.717) is 0 Å². The molecule has 21 heavy (non-hydrogen) atoms. The minimum atomic E-state index is -0.450. The predicted molar refractivity (Wildman–Crippen MR) is 80.7 cm³/mol. The number of halogens is 1. The summed E-state index contributed by atoms with van der Waals surface area (Å²) in [6, 6.07) is 12.1. The van der Waals surface area contributed by atoms with E-state index in [2.05, 4.69) is 0 Å². The minimum absolute atomic E-state index is 0.0471. The second kappa shape index (κ2) is 8.81. The van der Waals surface area contributed by atoms with Gasteiger partial charge >= 0.3 is 0 Å². The zero-order valence-corrected chi connectivity index (χ0v) is 12.1. The van der Waals surface area contributed by atoms with Crippen molar-refractivity contribution in [3.05, 3.63) is 64.5 Å². The fourth-order valence-electron chi connectivity index (χ4n) is 1.62. The third-order valence-corrected chi connectivity index (χ3v) is 2.66. The smallest absolute Gasteiger partial charge is 0.269 e. The number of nitrogens with zero attached hydrogens (tertiary/aromatic N) is 1. The van der Waals surface area contributed by atoms with Gasteiger partial charge in [0.25, 0.3) is 5.69 Å². The first-order valence-corrected chi connectivity index (χ1v) is 6.66. The van der Waals surface area contributed by atoms with E-state index in [1.807, 2.05) is 13.8 Å². The van der Waals surface area contributed by atoms with Gasteiger partial charge in [0.05, 0.1) is 4.92 Å². The van der Waals surface area contributed by atoms with Gasteiger partial charge in [-0.3, -0.25) is 10.1 Å². The van der Waals surface area contributed by atoms with Crippen LogP contribution in [-0.4, -0.2) is 18.1 Å². The molecule has 0 unspecified atom stereocenters. The lowest BCUT2D eigenvalue weighted by Crippen LogP contribution is -1.87. The van der Waals surface area contributed by atoms with E-state index in [1.54, 1.807) is 24.3 Å². The van der Waals surface area contributed by atoms with Crippen LogP contribution in [0.1, 0.15) is 13.8 Å². The molecule has 2 rings (SSSR count). The van der Waals surface area contributed by atoms with Crippen LogP contribution in [0.4, 0.5) is 10.1 Å². The van der Waals surface area contributed by atoms with Gasteiger partial charge < -0.3 is 4.74 Å². The van der Waals surface area contributed by atoms with Crippen LogP contribution in [0.2, 0.25) is 0 Å². The second-order valence-corrected chi connectivity index (χ2v) is 4.09. The van der Waals surface area contributed by atoms with Crippen LogP contribution in [0.3, 0.4) is 0 Å². The van der Waals surface area contributed by atoms with Gasteiger partial charge in [-0.05, 0) is 49.2 Å². The van der Waals surface area contributed by atoms with E-state index in [-0.39, 0.29) is 11.5 Å². The number of benzene rings is 2. The first kappa shape index (κ1) is 16.8. The zero-order valence-electron chi connectivity index (χ0n) is 12.1. The highest BCUT2D eigenvalue weighted by Crippen LogP contribution is 2.22. The van der Waals surface area contributed by atoms with Gasteiger partial charge in [-0.15, -0.1) is 0 Å². The zero-order chi connectivity index (χ0) is 15.7. The molecule has 0 spiro atoms. The van der Waals surface area contributed by atoms with Crippen molar-refractivity contribution in [1.82, 2.24) is 0 Å². The Morgan fingerprint density at radius 2 is 1.38 bits per heavy atom. The third kappa shape index (κ3) is 5.71. The molecule has 0 aromatic heterocycles. The van der Waals surface area contributed by atoms with Gasteiger partial charge in [-0.2, -0.15) is 0 Å². The maximum Gasteiger partial charge on any atom is 0.269 e. The Morgan fingerprint density at radius 1 is 0.952 bits per heavy atom. The van der Waals surface area contributed by atoms with Crippen molar-refractivity contribution >= 4 is 5.69 Å². The number of nitro benzene ring substituents is 1. The molecule has 0 saturated carbocycles. The number of nitro groups is 1. The van der Waals surface area contributed by atoms with Crippen LogP contribution in [0.5, 0.6) is 0 Å². The summed E-state index contributed by atoms with van der Waals surface area (Å²) in [7, 11) is 0. The summed E-state index contributed by atoms with van der Waals surface area (Å²) in [5, 5.41) is 10.4. The van der Waals surface area contributed by atoms with Crippen LogP contribution in [-0.2, 0) is 4.74 Å². The number of hydrogen-bond donors (Lipinski definition) is 0. The Hall–Kier alpha value is -2.27. The summed E-state index contributed by atoms with van der Waals surface area (Å²) in [6.45, 7) is 5.67. The van der Waals surface area contributed by atoms with Crippen molar-refractivity contribution in [2.24, 2.45) is 0 Å². The van der Waals surface area contributed by atoms with Crippen LogP contribution in [0.15, 0.2) is 48.5 Å². The van der Waals surface area contributed by atoms with Crippen LogP contribution in [0, 0.1) is 15.9 Å². The number of ether oxygens (including phenoxy) is 1. The maximum absolute atomic E-state index is 12.7. The van der Waals surface area contributed by atoms with Crippen LogP contribution >= 0.6 is 0 Å². The highest BCUT2D eigenvalue weighted by Gasteiger charge is 2.04. The Balaban J connectivity index is 0.000000383. The van der Waals surface area contributed by atoms with Crippen LogP contribution < -0.4 is 0 Å². The Kier molecular flexibility index (Phi) is 7.04. The van der Waals surface area contributed by atoms with Gasteiger partial charge in [0.15, 0.2) is 0 Å². The number of non-ortho nitro benzene ring substituents is 1. The van der Waals surface area contributed by atoms with E-state index < -0.39 is 4.92 Å². The summed E-state index contributed by atoms with van der Waals surface area (Å²) in [5.74, 6) is -0.300. The molecular weight excluding hydrogens is 273 g/mol. The van der Waals surface area contributed by atoms with Gasteiger partial charge in [-0.1, -0.05) is 12.1 Å². The molecule has 0 aliphatic heterocycles. The van der Waals surface area contributed by atoms with Gasteiger partial charge in [0.1, 0.15) is 5.82 Å². The molecule has 0 amide bonds. The summed E-state index contributed by atoms with van der Waals surface area (Å²) in [5.41, 5.74) is 1.70. The first-order chi connectivity index (χ1) is 10.1. The van der Waals surface area contributed by atoms with Crippen molar-refractivity contribution in [3.8, 4) is 11.1 Å². The molecule has 0 N–H and O–H groups in total. The van der Waals surface area contributed by atoms with Gasteiger partial charge in [-0.25, -0.2) is 4.39 Å². The SMILES string of the molecule is CCOCC.O=[N+]([O-])c1ccc(-c2ccc(F)cc2)cc1. The van der Waals surface area contributed by atoms with Gasteiger partial charge in [0.2, 0.25) is 0 Å². The predicted octanol–water partition coefficient (Wildman–Crippen LogP) is 4.44. The molecule has 0 aliphatic carbocycles. The minimum Gasteiger partial charge on any atom is -0.382 e. The summed E-state index contributed by atoms with van der Waals surface area (Å²) < 4.78 is 17.5. The number of rotatable bonds is 4. The van der Waals surface area contributed by atoms with Crippen molar-refractivity contribution in [1.29, 1.82) is 0 Å². The van der Waals surface area contributed by atoms with Crippen molar-refractivity contribution in [2.45, 2.75) is 13.8 Å². The Bertz CT molecular complexity index is 551. The van der Waals surface area contributed by atoms with Gasteiger partial charge in [0, 0.05) is 25.3 Å². The lowest BCUT2D eigenvalue weighted by molar-refractivity contribution is -0.384. The van der Waals surface area contributed by atoms with E-state index >= 15 is 0 Å². The third-order valence-electron chi connectivity index (χ3n) is 2.66. The molecular formula is C16H18FNO3. The van der Waals surface area contributed by atoms with E-state index in [4.69, 9.17) is 4.74 Å². The molecule has 4 nitrogen and oxygen atoms in total. The van der Waals surface area contributed by atoms with E-state index in [9.17, 15) is 14.5 Å². The fraction of sp³-hybridized carbons (Fsp3) is 0.250. The average Bonchev–Trinajstić information content (AvgIpc) is 2.49. The lowest BCUT2D eigenvalue weighted by atomic mass is 10.1. The summed E-state index contributed by atoms with van der Waals surface area (Å²) >= 11 is 0. The Morgan fingerprint density at radius 3 is 1.71 bits per heavy atom. The molecule has 5 heteroatoms. The molecule has 0 radical (unpaired) electrons. The molecule has 0 bridgehead atoms. The standard InChI is InChI=1S/C12H8FNO2.C4H10O/c13-11-5-1-9(2-6-11)10-3-7-12(8-4-10)14(15)16;1-3-5-4-2/h1-8H;3-4H2,1-2H3. The molecule has 0 aliphatic rings. The molecule has 2 aromatic rings. The van der Waals surface area contributed by atoms with Crippen LogP contribution in [0.25, 0.3) is 11.1 Å². The summed E-state index contributed by atoms with van der Waals surface area (Å²) in [4.78, 5) is 10.00. The monoisotopic (exact) mass is 291 g/mol. The second-order valence-electron chi connectivity index (χ2n) is 4.09. The number of hydrogen-bond acceptors (Lipinski definition) is 3. The molecule has 0 saturated heterocycles. The highest BCUT2D eigenvalue weighted by molar-refractivity contribution is 5.64. The van der Waals surface area contributed by atoms with Crippen molar-refractivity contribution in [2.75, 3.05) is 13.2 Å². The average molecular weight is 291 g/mol. The fourth-order valence-corrected chi connectivity index (χ4v) is 1.62. The normalized spacial score (nSPS) is 9.67. The first-order valence-electron chi connectivity index (χ1n) is 6.66. The molecule has 2 aromatic carbocycles. The largest absolute Gasteiger partial charge is 0.382 e.